The van der Waals surface area contributed by atoms with Gasteiger partial charge < -0.3 is 5.32 Å². The molecule has 1 aromatic heterocycles. The lowest BCUT2D eigenvalue weighted by molar-refractivity contribution is -0.116. The van der Waals surface area contributed by atoms with Gasteiger partial charge in [-0.1, -0.05) is 30.3 Å². The van der Waals surface area contributed by atoms with Crippen LogP contribution in [0.3, 0.4) is 0 Å². The maximum atomic E-state index is 12.3. The zero-order valence-corrected chi connectivity index (χ0v) is 15.6. The third kappa shape index (κ3) is 5.42. The number of anilines is 2. The predicted molar refractivity (Wildman–Crippen MR) is 105 cm³/mol. The maximum Gasteiger partial charge on any atom is 0.229 e. The van der Waals surface area contributed by atoms with E-state index in [1.807, 2.05) is 36.5 Å². The normalized spacial score (nSPS) is 11.1. The molecule has 140 valence electrons. The lowest BCUT2D eigenvalue weighted by Gasteiger charge is -2.11. The minimum absolute atomic E-state index is 0.204. The standard InChI is InChI=1S/C19H20N4O3S/c1-27(25,26)22-18-10-6-5-9-17(18)21-19(24)12-11-15-13-20-23(14-15)16-7-3-2-4-8-16/h2-10,13-14,22H,11-12H2,1H3,(H,21,24). The van der Waals surface area contributed by atoms with E-state index in [9.17, 15) is 13.2 Å². The van der Waals surface area contributed by atoms with Crippen LogP contribution >= 0.6 is 0 Å². The highest BCUT2D eigenvalue weighted by Crippen LogP contribution is 2.22. The minimum atomic E-state index is -3.43. The first-order chi connectivity index (χ1) is 12.9. The van der Waals surface area contributed by atoms with Crippen LogP contribution in [-0.4, -0.2) is 30.4 Å². The van der Waals surface area contributed by atoms with Gasteiger partial charge in [0.1, 0.15) is 0 Å². The van der Waals surface area contributed by atoms with Gasteiger partial charge >= 0.3 is 0 Å². The molecule has 0 aliphatic heterocycles. The molecule has 0 saturated heterocycles. The van der Waals surface area contributed by atoms with Crippen LogP contribution in [0.4, 0.5) is 11.4 Å². The summed E-state index contributed by atoms with van der Waals surface area (Å²) in [5.41, 5.74) is 2.66. The Labute approximate surface area is 158 Å². The van der Waals surface area contributed by atoms with Gasteiger partial charge in [0.25, 0.3) is 0 Å². The fourth-order valence-corrected chi connectivity index (χ4v) is 3.14. The summed E-state index contributed by atoms with van der Waals surface area (Å²) in [5.74, 6) is -0.204. The first-order valence-corrected chi connectivity index (χ1v) is 10.3. The van der Waals surface area contributed by atoms with Gasteiger partial charge in [-0.15, -0.1) is 0 Å². The van der Waals surface area contributed by atoms with Crippen molar-refractivity contribution in [3.8, 4) is 5.69 Å². The Hall–Kier alpha value is -3.13. The van der Waals surface area contributed by atoms with Crippen molar-refractivity contribution in [1.29, 1.82) is 0 Å². The molecule has 3 rings (SSSR count). The van der Waals surface area contributed by atoms with E-state index < -0.39 is 10.0 Å². The van der Waals surface area contributed by atoms with Crippen molar-refractivity contribution in [2.45, 2.75) is 12.8 Å². The van der Waals surface area contributed by atoms with Crippen molar-refractivity contribution in [2.75, 3.05) is 16.3 Å². The van der Waals surface area contributed by atoms with E-state index in [0.29, 0.717) is 17.8 Å². The highest BCUT2D eigenvalue weighted by molar-refractivity contribution is 7.92. The minimum Gasteiger partial charge on any atom is -0.324 e. The summed E-state index contributed by atoms with van der Waals surface area (Å²) in [5, 5.41) is 7.06. The Morgan fingerprint density at radius 2 is 1.70 bits per heavy atom. The molecular weight excluding hydrogens is 364 g/mol. The number of hydrogen-bond acceptors (Lipinski definition) is 4. The predicted octanol–water partition coefficient (Wildman–Crippen LogP) is 2.82. The van der Waals surface area contributed by atoms with E-state index in [1.54, 1.807) is 35.1 Å². The number of aromatic nitrogens is 2. The van der Waals surface area contributed by atoms with Gasteiger partial charge in [0, 0.05) is 12.6 Å². The van der Waals surface area contributed by atoms with Crippen LogP contribution in [0.5, 0.6) is 0 Å². The van der Waals surface area contributed by atoms with Crippen LogP contribution in [0, 0.1) is 0 Å². The Morgan fingerprint density at radius 1 is 1.04 bits per heavy atom. The number of para-hydroxylation sites is 3. The highest BCUT2D eigenvalue weighted by atomic mass is 32.2. The fraction of sp³-hybridized carbons (Fsp3) is 0.158. The molecule has 0 spiro atoms. The monoisotopic (exact) mass is 384 g/mol. The van der Waals surface area contributed by atoms with E-state index in [1.165, 1.54) is 0 Å². The second-order valence-electron chi connectivity index (χ2n) is 6.10. The molecule has 0 unspecified atom stereocenters. The molecule has 0 saturated carbocycles. The summed E-state index contributed by atoms with van der Waals surface area (Å²) < 4.78 is 27.0. The number of sulfonamides is 1. The van der Waals surface area contributed by atoms with Crippen LogP contribution in [0.25, 0.3) is 5.69 Å². The van der Waals surface area contributed by atoms with E-state index in [-0.39, 0.29) is 12.3 Å². The number of nitrogens with one attached hydrogen (secondary N) is 2. The zero-order chi connectivity index (χ0) is 19.3. The summed E-state index contributed by atoms with van der Waals surface area (Å²) in [4.78, 5) is 12.3. The molecule has 1 heterocycles. The topological polar surface area (TPSA) is 93.1 Å². The van der Waals surface area contributed by atoms with Gasteiger partial charge in [-0.3, -0.25) is 9.52 Å². The van der Waals surface area contributed by atoms with E-state index in [0.717, 1.165) is 17.5 Å². The number of amides is 1. The fourth-order valence-electron chi connectivity index (χ4n) is 2.56. The number of aryl methyl sites for hydroxylation is 1. The number of hydrogen-bond donors (Lipinski definition) is 2. The molecular formula is C19H20N4O3S. The number of carbonyl (C=O) groups is 1. The second kappa shape index (κ2) is 8.05. The molecule has 0 fully saturated rings. The first-order valence-electron chi connectivity index (χ1n) is 8.36. The van der Waals surface area contributed by atoms with E-state index in [4.69, 9.17) is 0 Å². The molecule has 1 amide bonds. The molecule has 2 aromatic carbocycles. The van der Waals surface area contributed by atoms with Gasteiger partial charge in [0.15, 0.2) is 0 Å². The van der Waals surface area contributed by atoms with Crippen molar-refractivity contribution in [3.63, 3.8) is 0 Å². The number of carbonyl (C=O) groups excluding carboxylic acids is 1. The van der Waals surface area contributed by atoms with Gasteiger partial charge in [-0.05, 0) is 36.2 Å². The van der Waals surface area contributed by atoms with Crippen LogP contribution < -0.4 is 10.0 Å². The van der Waals surface area contributed by atoms with Gasteiger partial charge in [0.05, 0.1) is 29.5 Å². The lowest BCUT2D eigenvalue weighted by Crippen LogP contribution is -2.16. The maximum absolute atomic E-state index is 12.3. The zero-order valence-electron chi connectivity index (χ0n) is 14.8. The van der Waals surface area contributed by atoms with Crippen molar-refractivity contribution in [3.05, 3.63) is 72.6 Å². The average molecular weight is 384 g/mol. The van der Waals surface area contributed by atoms with Crippen molar-refractivity contribution in [1.82, 2.24) is 9.78 Å². The number of nitrogens with zero attached hydrogens (tertiary/aromatic N) is 2. The summed E-state index contributed by atoms with van der Waals surface area (Å²) in [7, 11) is -3.43. The summed E-state index contributed by atoms with van der Waals surface area (Å²) in [6.07, 6.45) is 5.48. The molecule has 3 aromatic rings. The van der Waals surface area contributed by atoms with E-state index >= 15 is 0 Å². The van der Waals surface area contributed by atoms with Crippen molar-refractivity contribution in [2.24, 2.45) is 0 Å². The average Bonchev–Trinajstić information content (AvgIpc) is 3.10. The molecule has 0 aliphatic carbocycles. The molecule has 0 atom stereocenters. The van der Waals surface area contributed by atoms with Crippen LogP contribution in [0.1, 0.15) is 12.0 Å². The smallest absolute Gasteiger partial charge is 0.229 e. The molecule has 27 heavy (non-hydrogen) atoms. The Balaban J connectivity index is 1.60. The quantitative estimate of drug-likeness (QED) is 0.655. The van der Waals surface area contributed by atoms with Crippen molar-refractivity contribution < 1.29 is 13.2 Å². The van der Waals surface area contributed by atoms with Gasteiger partial charge in [0.2, 0.25) is 15.9 Å². The third-order valence-corrected chi connectivity index (χ3v) is 4.38. The second-order valence-corrected chi connectivity index (χ2v) is 7.85. The third-order valence-electron chi connectivity index (χ3n) is 3.79. The lowest BCUT2D eigenvalue weighted by atomic mass is 10.2. The molecule has 0 radical (unpaired) electrons. The van der Waals surface area contributed by atoms with E-state index in [2.05, 4.69) is 15.1 Å². The van der Waals surface area contributed by atoms with Crippen LogP contribution in [-0.2, 0) is 21.2 Å². The largest absolute Gasteiger partial charge is 0.324 e. The molecule has 7 nitrogen and oxygen atoms in total. The summed E-state index contributed by atoms with van der Waals surface area (Å²) >= 11 is 0. The van der Waals surface area contributed by atoms with Crippen LogP contribution in [0.15, 0.2) is 67.0 Å². The Kier molecular flexibility index (Phi) is 5.56. The Bertz CT molecular complexity index is 1030. The van der Waals surface area contributed by atoms with Gasteiger partial charge in [-0.25, -0.2) is 13.1 Å². The first kappa shape index (κ1) is 18.7. The number of rotatable bonds is 7. The van der Waals surface area contributed by atoms with Gasteiger partial charge in [-0.2, -0.15) is 5.10 Å². The Morgan fingerprint density at radius 3 is 2.41 bits per heavy atom. The highest BCUT2D eigenvalue weighted by Gasteiger charge is 2.10. The van der Waals surface area contributed by atoms with Crippen LogP contribution in [0.2, 0.25) is 0 Å². The number of benzene rings is 2. The van der Waals surface area contributed by atoms with Crippen molar-refractivity contribution >= 4 is 27.3 Å². The SMILES string of the molecule is CS(=O)(=O)Nc1ccccc1NC(=O)CCc1cnn(-c2ccccc2)c1. The molecule has 2 N–H and O–H groups in total. The molecule has 0 bridgehead atoms. The summed E-state index contributed by atoms with van der Waals surface area (Å²) in [6.45, 7) is 0. The molecule has 0 aliphatic rings. The molecule has 8 heteroatoms. The summed E-state index contributed by atoms with van der Waals surface area (Å²) in [6, 6.07) is 16.4.